The van der Waals surface area contributed by atoms with E-state index in [0.29, 0.717) is 16.6 Å². The average molecular weight is 271 g/mol. The zero-order chi connectivity index (χ0) is 11.2. The van der Waals surface area contributed by atoms with Crippen LogP contribution in [0.5, 0.6) is 5.75 Å². The molecular formula is C11H11BrO3. The molecule has 0 radical (unpaired) electrons. The molecule has 0 amide bonds. The van der Waals surface area contributed by atoms with Gasteiger partial charge in [-0.2, -0.15) is 0 Å². The Morgan fingerprint density at radius 2 is 2.20 bits per heavy atom. The summed E-state index contributed by atoms with van der Waals surface area (Å²) < 4.78 is 6.25. The molecule has 1 aliphatic heterocycles. The van der Waals surface area contributed by atoms with Crippen LogP contribution in [0.1, 0.15) is 29.8 Å². The highest BCUT2D eigenvalue weighted by Gasteiger charge is 2.34. The maximum Gasteiger partial charge on any atom is 0.335 e. The fourth-order valence-electron chi connectivity index (χ4n) is 1.70. The molecule has 0 fully saturated rings. The molecule has 1 aromatic carbocycles. The highest BCUT2D eigenvalue weighted by Crippen LogP contribution is 2.43. The van der Waals surface area contributed by atoms with E-state index in [1.807, 2.05) is 13.8 Å². The van der Waals surface area contributed by atoms with Gasteiger partial charge in [-0.3, -0.25) is 0 Å². The Hall–Kier alpha value is -1.03. The molecule has 3 nitrogen and oxygen atoms in total. The summed E-state index contributed by atoms with van der Waals surface area (Å²) in [5.74, 6) is -0.147. The van der Waals surface area contributed by atoms with Gasteiger partial charge in [0.1, 0.15) is 5.75 Å². The first kappa shape index (κ1) is 10.5. The first-order valence-corrected chi connectivity index (χ1v) is 5.41. The van der Waals surface area contributed by atoms with Gasteiger partial charge in [0.15, 0.2) is 0 Å². The fourth-order valence-corrected chi connectivity index (χ4v) is 2.27. The summed E-state index contributed by atoms with van der Waals surface area (Å²) in [5.41, 5.74) is 1.12. The third kappa shape index (κ3) is 1.63. The molecule has 0 aliphatic carbocycles. The molecule has 1 N–H and O–H groups in total. The summed E-state index contributed by atoms with van der Waals surface area (Å²) in [6.45, 7) is 4.66. The number of ether oxygens (including phenoxy) is 1. The molecule has 0 atom stereocenters. The minimum atomic E-state index is -0.916. The molecule has 0 saturated carbocycles. The third-order valence-corrected chi connectivity index (χ3v) is 3.19. The molecular weight excluding hydrogens is 260 g/mol. The lowest BCUT2D eigenvalue weighted by Crippen LogP contribution is -2.18. The number of rotatable bonds is 1. The van der Waals surface area contributed by atoms with Crippen molar-refractivity contribution in [3.05, 3.63) is 27.7 Å². The maximum atomic E-state index is 10.9. The molecule has 4 heteroatoms. The summed E-state index contributed by atoms with van der Waals surface area (Å²) in [4.78, 5) is 10.9. The number of aromatic carboxylic acids is 1. The SMILES string of the molecule is CC1(C)COc2c(Br)cc(C(=O)O)cc21. The van der Waals surface area contributed by atoms with Crippen LogP contribution in [0.25, 0.3) is 0 Å². The second-order valence-electron chi connectivity index (χ2n) is 4.31. The van der Waals surface area contributed by atoms with Crippen LogP contribution in [0.3, 0.4) is 0 Å². The number of halogens is 1. The molecule has 2 rings (SSSR count). The molecule has 1 aliphatic rings. The van der Waals surface area contributed by atoms with Crippen molar-refractivity contribution in [2.45, 2.75) is 19.3 Å². The fraction of sp³-hybridized carbons (Fsp3) is 0.364. The summed E-state index contributed by atoms with van der Waals surface area (Å²) >= 11 is 3.33. The Morgan fingerprint density at radius 1 is 1.53 bits per heavy atom. The maximum absolute atomic E-state index is 10.9. The molecule has 0 unspecified atom stereocenters. The summed E-state index contributed by atoms with van der Waals surface area (Å²) in [6, 6.07) is 3.26. The van der Waals surface area contributed by atoms with Crippen LogP contribution in [0.15, 0.2) is 16.6 Å². The Morgan fingerprint density at radius 3 is 2.80 bits per heavy atom. The number of hydrogen-bond donors (Lipinski definition) is 1. The lowest BCUT2D eigenvalue weighted by molar-refractivity contribution is 0.0696. The lowest BCUT2D eigenvalue weighted by atomic mass is 9.86. The highest BCUT2D eigenvalue weighted by atomic mass is 79.9. The predicted octanol–water partition coefficient (Wildman–Crippen LogP) is 2.82. The van der Waals surface area contributed by atoms with E-state index >= 15 is 0 Å². The van der Waals surface area contributed by atoms with Gasteiger partial charge in [0, 0.05) is 11.0 Å². The van der Waals surface area contributed by atoms with Crippen molar-refractivity contribution in [3.8, 4) is 5.75 Å². The van der Waals surface area contributed by atoms with E-state index in [4.69, 9.17) is 9.84 Å². The van der Waals surface area contributed by atoms with Gasteiger partial charge < -0.3 is 9.84 Å². The standard InChI is InChI=1S/C11H11BrO3/c1-11(2)5-15-9-7(11)3-6(10(13)14)4-8(9)12/h3-4H,5H2,1-2H3,(H,13,14). The first-order valence-electron chi connectivity index (χ1n) is 4.62. The second kappa shape index (κ2) is 3.23. The normalized spacial score (nSPS) is 17.0. The Bertz CT molecular complexity index is 438. The smallest absolute Gasteiger partial charge is 0.335 e. The van der Waals surface area contributed by atoms with Gasteiger partial charge in [0.25, 0.3) is 0 Å². The van der Waals surface area contributed by atoms with Crippen LogP contribution in [0.4, 0.5) is 0 Å². The molecule has 0 bridgehead atoms. The van der Waals surface area contributed by atoms with Gasteiger partial charge in [-0.25, -0.2) is 4.79 Å². The van der Waals surface area contributed by atoms with Crippen LogP contribution in [-0.4, -0.2) is 17.7 Å². The number of carboxylic acid groups (broad SMARTS) is 1. The third-order valence-electron chi connectivity index (χ3n) is 2.60. The summed E-state index contributed by atoms with van der Waals surface area (Å²) in [6.07, 6.45) is 0. The minimum absolute atomic E-state index is 0.122. The van der Waals surface area contributed by atoms with Crippen LogP contribution >= 0.6 is 15.9 Å². The van der Waals surface area contributed by atoms with Crippen molar-refractivity contribution in [1.29, 1.82) is 0 Å². The molecule has 15 heavy (non-hydrogen) atoms. The van der Waals surface area contributed by atoms with Crippen LogP contribution in [-0.2, 0) is 5.41 Å². The minimum Gasteiger partial charge on any atom is -0.491 e. The first-order chi connectivity index (χ1) is 6.92. The number of hydrogen-bond acceptors (Lipinski definition) is 2. The van der Waals surface area contributed by atoms with Crippen molar-refractivity contribution in [3.63, 3.8) is 0 Å². The van der Waals surface area contributed by atoms with Gasteiger partial charge in [0.2, 0.25) is 0 Å². The Balaban J connectivity index is 2.63. The van der Waals surface area contributed by atoms with E-state index < -0.39 is 5.97 Å². The monoisotopic (exact) mass is 270 g/mol. The Kier molecular flexibility index (Phi) is 2.26. The summed E-state index contributed by atoms with van der Waals surface area (Å²) in [5, 5.41) is 8.95. The van der Waals surface area contributed by atoms with Gasteiger partial charge in [-0.1, -0.05) is 13.8 Å². The predicted molar refractivity (Wildman–Crippen MR) is 59.6 cm³/mol. The largest absolute Gasteiger partial charge is 0.491 e. The van der Waals surface area contributed by atoms with E-state index in [1.165, 1.54) is 0 Å². The second-order valence-corrected chi connectivity index (χ2v) is 5.17. The van der Waals surface area contributed by atoms with Crippen LogP contribution in [0.2, 0.25) is 0 Å². The zero-order valence-electron chi connectivity index (χ0n) is 8.50. The lowest BCUT2D eigenvalue weighted by Gasteiger charge is -2.15. The van der Waals surface area contributed by atoms with Gasteiger partial charge in [0.05, 0.1) is 16.6 Å². The quantitative estimate of drug-likeness (QED) is 0.854. The molecule has 0 saturated heterocycles. The van der Waals surface area contributed by atoms with Crippen LogP contribution < -0.4 is 4.74 Å². The Labute approximate surface area is 96.2 Å². The molecule has 80 valence electrons. The molecule has 1 heterocycles. The van der Waals surface area contributed by atoms with Crippen molar-refractivity contribution in [2.75, 3.05) is 6.61 Å². The van der Waals surface area contributed by atoms with Gasteiger partial charge >= 0.3 is 5.97 Å². The van der Waals surface area contributed by atoms with Crippen molar-refractivity contribution in [2.24, 2.45) is 0 Å². The van der Waals surface area contributed by atoms with Crippen LogP contribution in [0, 0.1) is 0 Å². The van der Waals surface area contributed by atoms with E-state index in [0.717, 1.165) is 11.3 Å². The topological polar surface area (TPSA) is 46.5 Å². The van der Waals surface area contributed by atoms with E-state index in [2.05, 4.69) is 15.9 Å². The average Bonchev–Trinajstić information content (AvgIpc) is 2.43. The summed E-state index contributed by atoms with van der Waals surface area (Å²) in [7, 11) is 0. The van der Waals surface area contributed by atoms with Gasteiger partial charge in [-0.15, -0.1) is 0 Å². The molecule has 0 aromatic heterocycles. The van der Waals surface area contributed by atoms with E-state index in [9.17, 15) is 4.79 Å². The van der Waals surface area contributed by atoms with E-state index in [1.54, 1.807) is 12.1 Å². The number of carboxylic acids is 1. The zero-order valence-corrected chi connectivity index (χ0v) is 10.1. The van der Waals surface area contributed by atoms with E-state index in [-0.39, 0.29) is 5.41 Å². The number of fused-ring (bicyclic) bond motifs is 1. The van der Waals surface area contributed by atoms with Crippen molar-refractivity contribution < 1.29 is 14.6 Å². The van der Waals surface area contributed by atoms with Crippen molar-refractivity contribution in [1.82, 2.24) is 0 Å². The molecule has 1 aromatic rings. The highest BCUT2D eigenvalue weighted by molar-refractivity contribution is 9.10. The van der Waals surface area contributed by atoms with Gasteiger partial charge in [-0.05, 0) is 28.1 Å². The number of carbonyl (C=O) groups is 1. The number of benzene rings is 1. The van der Waals surface area contributed by atoms with Crippen molar-refractivity contribution >= 4 is 21.9 Å². The molecule has 0 spiro atoms.